The zero-order valence-corrected chi connectivity index (χ0v) is 23.9. The van der Waals surface area contributed by atoms with E-state index >= 15 is 0 Å². The Morgan fingerprint density at radius 1 is 1.17 bits per heavy atom. The van der Waals surface area contributed by atoms with Crippen LogP contribution in [0.15, 0.2) is 87.0 Å². The van der Waals surface area contributed by atoms with Crippen molar-refractivity contribution < 1.29 is 63.7 Å². The Morgan fingerprint density at radius 3 is 2.67 bits per heavy atom. The third kappa shape index (κ3) is 6.02. The number of aliphatic imine (C=N–C) groups is 1. The minimum Gasteiger partial charge on any atom is -0.550 e. The van der Waals surface area contributed by atoms with Crippen LogP contribution in [0.4, 0.5) is 0 Å². The number of carboxylic acids is 1. The van der Waals surface area contributed by atoms with Gasteiger partial charge in [-0.2, -0.15) is 9.90 Å². The SMILES string of the molecule is O=C([O-])CC(=O)OCC1OC(Oc2ccc3c(=O)c(-c4ccc(O)cc4)coc3c2)C(O[NH+]2C=C3C=CN=C3C2)C(O)(CO)C1O. The van der Waals surface area contributed by atoms with Crippen LogP contribution in [0.1, 0.15) is 6.42 Å². The fraction of sp³-hybridized carbons (Fsp3) is 0.290. The summed E-state index contributed by atoms with van der Waals surface area (Å²) in [6.45, 7) is -1.50. The summed E-state index contributed by atoms with van der Waals surface area (Å²) in [5.74, 6) is -2.74. The number of ether oxygens (including phenoxy) is 3. The summed E-state index contributed by atoms with van der Waals surface area (Å²) in [6, 6.07) is 10.3. The van der Waals surface area contributed by atoms with Crippen LogP contribution >= 0.6 is 0 Å². The van der Waals surface area contributed by atoms with Crippen LogP contribution in [-0.4, -0.2) is 88.0 Å². The van der Waals surface area contributed by atoms with E-state index in [0.717, 1.165) is 5.57 Å². The minimum absolute atomic E-state index is 0.0398. The van der Waals surface area contributed by atoms with E-state index in [0.29, 0.717) is 16.3 Å². The molecule has 0 aliphatic carbocycles. The number of esters is 1. The van der Waals surface area contributed by atoms with Crippen LogP contribution < -0.4 is 20.3 Å². The molecule has 3 aliphatic rings. The number of hydrogen-bond donors (Lipinski definition) is 5. The van der Waals surface area contributed by atoms with Gasteiger partial charge in [0.1, 0.15) is 54.1 Å². The third-order valence-electron chi connectivity index (χ3n) is 7.79. The van der Waals surface area contributed by atoms with Gasteiger partial charge >= 0.3 is 5.97 Å². The molecule has 6 rings (SSSR count). The highest BCUT2D eigenvalue weighted by Gasteiger charge is 2.60. The van der Waals surface area contributed by atoms with Crippen LogP contribution in [0, 0.1) is 0 Å². The number of carbonyl (C=O) groups excluding carboxylic acids is 2. The van der Waals surface area contributed by atoms with Gasteiger partial charge in [-0.25, -0.2) is 0 Å². The molecule has 0 bridgehead atoms. The smallest absolute Gasteiger partial charge is 0.311 e. The van der Waals surface area contributed by atoms with E-state index in [4.69, 9.17) is 23.5 Å². The average Bonchev–Trinajstić information content (AvgIpc) is 3.63. The second-order valence-corrected chi connectivity index (χ2v) is 10.8. The van der Waals surface area contributed by atoms with Gasteiger partial charge in [-0.3, -0.25) is 14.6 Å². The molecule has 3 aliphatic heterocycles. The van der Waals surface area contributed by atoms with Crippen molar-refractivity contribution in [1.82, 2.24) is 0 Å². The Hall–Kier alpha value is -4.90. The van der Waals surface area contributed by atoms with Crippen LogP contribution in [0.5, 0.6) is 11.5 Å². The molecule has 15 heteroatoms. The molecule has 1 aromatic heterocycles. The molecule has 1 fully saturated rings. The van der Waals surface area contributed by atoms with Gasteiger partial charge in [0.2, 0.25) is 12.4 Å². The summed E-state index contributed by atoms with van der Waals surface area (Å²) in [6.07, 6.45) is -1.24. The Balaban J connectivity index is 1.30. The van der Waals surface area contributed by atoms with E-state index < -0.39 is 61.8 Å². The zero-order chi connectivity index (χ0) is 32.6. The van der Waals surface area contributed by atoms with Gasteiger partial charge in [-0.05, 0) is 35.9 Å². The molecule has 0 amide bonds. The normalized spacial score (nSPS) is 26.8. The number of quaternary nitrogens is 1. The van der Waals surface area contributed by atoms with Gasteiger partial charge in [0.15, 0.2) is 17.6 Å². The fourth-order valence-corrected chi connectivity index (χ4v) is 5.39. The van der Waals surface area contributed by atoms with Crippen molar-refractivity contribution in [3.63, 3.8) is 0 Å². The second-order valence-electron chi connectivity index (χ2n) is 10.8. The Bertz CT molecular complexity index is 1820. The average molecular weight is 637 g/mol. The van der Waals surface area contributed by atoms with Crippen molar-refractivity contribution in [3.8, 4) is 22.6 Å². The first-order chi connectivity index (χ1) is 22.0. The largest absolute Gasteiger partial charge is 0.550 e. The predicted octanol–water partition coefficient (Wildman–Crippen LogP) is -1.91. The maximum Gasteiger partial charge on any atom is 0.311 e. The van der Waals surface area contributed by atoms with Crippen molar-refractivity contribution >= 4 is 28.6 Å². The van der Waals surface area contributed by atoms with E-state index in [9.17, 15) is 39.9 Å². The summed E-state index contributed by atoms with van der Waals surface area (Å²) < 4.78 is 22.6. The molecule has 1 saturated heterocycles. The van der Waals surface area contributed by atoms with Crippen molar-refractivity contribution in [1.29, 1.82) is 0 Å². The lowest BCUT2D eigenvalue weighted by atomic mass is 9.84. The van der Waals surface area contributed by atoms with E-state index in [1.807, 2.05) is 0 Å². The Labute approximate surface area is 259 Å². The minimum atomic E-state index is -2.43. The Morgan fingerprint density at radius 2 is 1.96 bits per heavy atom. The lowest BCUT2D eigenvalue weighted by Crippen LogP contribution is -3.07. The molecular weight excluding hydrogens is 608 g/mol. The number of phenols is 1. The first-order valence-corrected chi connectivity index (χ1v) is 14.1. The molecule has 240 valence electrons. The lowest BCUT2D eigenvalue weighted by Gasteiger charge is -2.47. The number of rotatable bonds is 10. The van der Waals surface area contributed by atoms with E-state index in [1.165, 1.54) is 36.6 Å². The molecule has 4 heterocycles. The fourth-order valence-electron chi connectivity index (χ4n) is 5.39. The number of nitrogens with one attached hydrogen (secondary N) is 1. The number of aliphatic hydroxyl groups excluding tert-OH is 2. The van der Waals surface area contributed by atoms with E-state index in [1.54, 1.807) is 30.6 Å². The number of allylic oxidation sites excluding steroid dienone is 1. The molecule has 6 unspecified atom stereocenters. The number of hydrogen-bond acceptors (Lipinski definition) is 14. The van der Waals surface area contributed by atoms with Crippen LogP contribution in [-0.2, 0) is 23.9 Å². The second kappa shape index (κ2) is 12.5. The third-order valence-corrected chi connectivity index (χ3v) is 7.79. The first-order valence-electron chi connectivity index (χ1n) is 14.1. The topological polar surface area (TPSA) is 222 Å². The quantitative estimate of drug-likeness (QED) is 0.121. The summed E-state index contributed by atoms with van der Waals surface area (Å²) in [5.41, 5.74) is -0.359. The molecule has 2 aromatic carbocycles. The number of aliphatic hydroxyl groups is 3. The number of nitrogens with zero attached hydrogens (tertiary/aromatic N) is 1. The first kappa shape index (κ1) is 31.1. The molecule has 0 saturated carbocycles. The summed E-state index contributed by atoms with van der Waals surface area (Å²) in [4.78, 5) is 46.2. The molecule has 5 N–H and O–H groups in total. The van der Waals surface area contributed by atoms with Crippen molar-refractivity contribution in [2.24, 2.45) is 4.99 Å². The molecule has 3 aromatic rings. The van der Waals surface area contributed by atoms with Crippen molar-refractivity contribution in [3.05, 3.63) is 83.0 Å². The maximum atomic E-state index is 13.2. The number of phenolic OH excluding ortho intramolecular Hbond substituents is 1. The van der Waals surface area contributed by atoms with Gasteiger partial charge < -0.3 is 49.0 Å². The number of hydroxylamine groups is 2. The van der Waals surface area contributed by atoms with Gasteiger partial charge in [0, 0.05) is 12.3 Å². The number of carboxylic acid groups (broad SMARTS) is 1. The highest BCUT2D eigenvalue weighted by molar-refractivity contribution is 6.06. The number of carbonyl (C=O) groups is 2. The summed E-state index contributed by atoms with van der Waals surface area (Å²) in [5, 5.41) is 53.9. The zero-order valence-electron chi connectivity index (χ0n) is 23.9. The highest BCUT2D eigenvalue weighted by Crippen LogP contribution is 2.34. The standard InChI is InChI=1S/C31H28N2O13/c34-15-31(41)28(40)24(14-43-26(38)10-25(36)37)45-30(29(31)46-33-11-17-7-8-32-22(17)12-33)44-19-5-6-20-23(9-19)42-13-21(27(20)39)16-1-3-18(35)4-2-16/h1-9,11,13,24,28-30,34-35,40-41H,10,12,14-15H2,(H,36,37). The number of aliphatic carboxylic acids is 1. The lowest BCUT2D eigenvalue weighted by molar-refractivity contribution is -1.05. The maximum absolute atomic E-state index is 13.2. The highest BCUT2D eigenvalue weighted by atomic mass is 16.8. The molecule has 0 radical (unpaired) electrons. The van der Waals surface area contributed by atoms with Crippen LogP contribution in [0.3, 0.4) is 0 Å². The molecule has 15 nitrogen and oxygen atoms in total. The molecule has 6 atom stereocenters. The van der Waals surface area contributed by atoms with Gasteiger partial charge in [-0.15, -0.1) is 0 Å². The van der Waals surface area contributed by atoms with E-state index in [-0.39, 0.29) is 40.0 Å². The number of fused-ring (bicyclic) bond motifs is 2. The molecule has 46 heavy (non-hydrogen) atoms. The van der Waals surface area contributed by atoms with Gasteiger partial charge in [0.25, 0.3) is 0 Å². The van der Waals surface area contributed by atoms with Crippen molar-refractivity contribution in [2.75, 3.05) is 19.8 Å². The summed E-state index contributed by atoms with van der Waals surface area (Å²) in [7, 11) is 0. The van der Waals surface area contributed by atoms with Gasteiger partial charge in [-0.1, -0.05) is 12.1 Å². The van der Waals surface area contributed by atoms with E-state index in [2.05, 4.69) is 4.99 Å². The van der Waals surface area contributed by atoms with Crippen molar-refractivity contribution in [2.45, 2.75) is 36.6 Å². The van der Waals surface area contributed by atoms with Crippen LogP contribution in [0.25, 0.3) is 22.1 Å². The van der Waals surface area contributed by atoms with Crippen LogP contribution in [0.2, 0.25) is 0 Å². The molecular formula is C31H28N2O13. The predicted molar refractivity (Wildman–Crippen MR) is 153 cm³/mol. The Kier molecular flexibility index (Phi) is 8.43. The molecule has 0 spiro atoms. The monoisotopic (exact) mass is 636 g/mol. The van der Waals surface area contributed by atoms with Gasteiger partial charge in [0.05, 0.1) is 35.5 Å². The number of aromatic hydroxyl groups is 1. The summed E-state index contributed by atoms with van der Waals surface area (Å²) >= 11 is 0. The number of benzene rings is 2.